The van der Waals surface area contributed by atoms with Crippen LogP contribution in [0.4, 0.5) is 16.2 Å². The van der Waals surface area contributed by atoms with Gasteiger partial charge in [0.15, 0.2) is 5.96 Å². The van der Waals surface area contributed by atoms with Crippen LogP contribution in [0.5, 0.6) is 0 Å². The minimum Gasteiger partial charge on any atom is -0.480 e. The molecule has 11 heteroatoms. The molecule has 1 fully saturated rings. The van der Waals surface area contributed by atoms with E-state index in [4.69, 9.17) is 0 Å². The Balaban J connectivity index is 1.47. The molecule has 1 atom stereocenters. The predicted octanol–water partition coefficient (Wildman–Crippen LogP) is 0.649. The average Bonchev–Trinajstić information content (AvgIpc) is 2.82. The second-order valence-corrected chi connectivity index (χ2v) is 7.99. The first-order valence-corrected chi connectivity index (χ1v) is 11.4. The standard InChI is InChI=1S/C22H33N7O4/c1-2-23-22(33)27-18(20(31)32)7-8-19(30)29-13-11-28(12-14-29)17-6-3-5-16(15-17)26-21-24-9-4-10-25-21/h3,5-6,15,18H,2,4,7-14H2,1H3,(H,31,32)(H2,23,27,33)(H2,24,25,26)/t18-/m0/s1. The Hall–Kier alpha value is -3.50. The molecular weight excluding hydrogens is 426 g/mol. The summed E-state index contributed by atoms with van der Waals surface area (Å²) in [6.45, 7) is 6.37. The number of carbonyl (C=O) groups is 3. The molecule has 0 saturated carbocycles. The van der Waals surface area contributed by atoms with Gasteiger partial charge in [0.1, 0.15) is 6.04 Å². The Morgan fingerprint density at radius 1 is 1.21 bits per heavy atom. The van der Waals surface area contributed by atoms with Crippen molar-refractivity contribution in [3.05, 3.63) is 24.3 Å². The van der Waals surface area contributed by atoms with Crippen LogP contribution in [0.25, 0.3) is 0 Å². The number of nitrogens with one attached hydrogen (secondary N) is 4. The monoisotopic (exact) mass is 459 g/mol. The van der Waals surface area contributed by atoms with Crippen molar-refractivity contribution in [1.82, 2.24) is 20.9 Å². The van der Waals surface area contributed by atoms with E-state index in [9.17, 15) is 19.5 Å². The lowest BCUT2D eigenvalue weighted by Gasteiger charge is -2.36. The highest BCUT2D eigenvalue weighted by atomic mass is 16.4. The van der Waals surface area contributed by atoms with Gasteiger partial charge in [0.05, 0.1) is 0 Å². The summed E-state index contributed by atoms with van der Waals surface area (Å²) >= 11 is 0. The first-order valence-electron chi connectivity index (χ1n) is 11.4. The van der Waals surface area contributed by atoms with Crippen LogP contribution in [0, 0.1) is 0 Å². The van der Waals surface area contributed by atoms with E-state index in [0.29, 0.717) is 32.7 Å². The maximum atomic E-state index is 12.6. The lowest BCUT2D eigenvalue weighted by molar-refractivity contribution is -0.139. The Kier molecular flexibility index (Phi) is 8.73. The highest BCUT2D eigenvalue weighted by molar-refractivity contribution is 5.94. The minimum atomic E-state index is -1.15. The number of piperazine rings is 1. The first-order chi connectivity index (χ1) is 16.0. The predicted molar refractivity (Wildman–Crippen MR) is 127 cm³/mol. The van der Waals surface area contributed by atoms with Crippen LogP contribution in [0.15, 0.2) is 29.3 Å². The Labute approximate surface area is 193 Å². The van der Waals surface area contributed by atoms with Gasteiger partial charge in [0.2, 0.25) is 5.91 Å². The topological polar surface area (TPSA) is 138 Å². The van der Waals surface area contributed by atoms with E-state index in [1.807, 2.05) is 18.2 Å². The molecule has 2 heterocycles. The van der Waals surface area contributed by atoms with Gasteiger partial charge in [-0.05, 0) is 38.0 Å². The summed E-state index contributed by atoms with van der Waals surface area (Å²) < 4.78 is 0. The van der Waals surface area contributed by atoms with E-state index < -0.39 is 18.0 Å². The summed E-state index contributed by atoms with van der Waals surface area (Å²) in [5.74, 6) is -0.465. The summed E-state index contributed by atoms with van der Waals surface area (Å²) in [5.41, 5.74) is 2.03. The van der Waals surface area contributed by atoms with Crippen LogP contribution in [0.2, 0.25) is 0 Å². The Morgan fingerprint density at radius 2 is 2.00 bits per heavy atom. The van der Waals surface area contributed by atoms with Crippen molar-refractivity contribution in [3.8, 4) is 0 Å². The first kappa shape index (κ1) is 24.1. The molecule has 11 nitrogen and oxygen atoms in total. The molecule has 2 aliphatic heterocycles. The Morgan fingerprint density at radius 3 is 2.67 bits per heavy atom. The molecule has 1 saturated heterocycles. The number of rotatable bonds is 8. The highest BCUT2D eigenvalue weighted by Gasteiger charge is 2.25. The molecule has 2 aliphatic rings. The summed E-state index contributed by atoms with van der Waals surface area (Å²) in [6, 6.07) is 6.46. The van der Waals surface area contributed by atoms with Crippen LogP contribution in [-0.4, -0.2) is 85.7 Å². The van der Waals surface area contributed by atoms with E-state index >= 15 is 0 Å². The lowest BCUT2D eigenvalue weighted by Crippen LogP contribution is -2.50. The van der Waals surface area contributed by atoms with Gasteiger partial charge in [-0.1, -0.05) is 6.07 Å². The van der Waals surface area contributed by atoms with E-state index in [1.165, 1.54) is 0 Å². The number of anilines is 2. The number of hydrogen-bond donors (Lipinski definition) is 5. The molecule has 3 amide bonds. The molecule has 0 aliphatic carbocycles. The normalized spacial score (nSPS) is 16.8. The molecule has 0 unspecified atom stereocenters. The van der Waals surface area contributed by atoms with Gasteiger partial charge in [-0.3, -0.25) is 9.79 Å². The fourth-order valence-electron chi connectivity index (χ4n) is 3.80. The number of aliphatic imine (C=N–C) groups is 1. The van der Waals surface area contributed by atoms with Crippen LogP contribution in [-0.2, 0) is 9.59 Å². The maximum Gasteiger partial charge on any atom is 0.326 e. The molecule has 0 spiro atoms. The van der Waals surface area contributed by atoms with Crippen LogP contribution < -0.4 is 26.2 Å². The van der Waals surface area contributed by atoms with Crippen molar-refractivity contribution in [2.24, 2.45) is 4.99 Å². The summed E-state index contributed by atoms with van der Waals surface area (Å²) in [5, 5.41) is 20.8. The number of carboxylic acids is 1. The van der Waals surface area contributed by atoms with Crippen LogP contribution in [0.3, 0.4) is 0 Å². The molecule has 5 N–H and O–H groups in total. The Bertz CT molecular complexity index is 868. The number of carbonyl (C=O) groups excluding carboxylic acids is 2. The SMILES string of the molecule is CCNC(=O)N[C@@H](CCC(=O)N1CCN(c2cccc(NC3=NCCCN3)c2)CC1)C(=O)O. The number of aliphatic carboxylic acids is 1. The molecule has 0 radical (unpaired) electrons. The summed E-state index contributed by atoms with van der Waals surface area (Å²) in [7, 11) is 0. The van der Waals surface area contributed by atoms with E-state index in [2.05, 4.69) is 37.2 Å². The van der Waals surface area contributed by atoms with Crippen molar-refractivity contribution in [1.29, 1.82) is 0 Å². The number of carboxylic acid groups (broad SMARTS) is 1. The number of benzene rings is 1. The lowest BCUT2D eigenvalue weighted by atomic mass is 10.1. The molecule has 3 rings (SSSR count). The van der Waals surface area contributed by atoms with Crippen molar-refractivity contribution >= 4 is 35.2 Å². The van der Waals surface area contributed by atoms with Gasteiger partial charge < -0.3 is 36.2 Å². The quantitative estimate of drug-likeness (QED) is 0.385. The van der Waals surface area contributed by atoms with Crippen molar-refractivity contribution in [3.63, 3.8) is 0 Å². The molecule has 33 heavy (non-hydrogen) atoms. The fraction of sp³-hybridized carbons (Fsp3) is 0.545. The van der Waals surface area contributed by atoms with Gasteiger partial charge in [0, 0.05) is 63.6 Å². The number of urea groups is 1. The zero-order valence-electron chi connectivity index (χ0n) is 19.0. The zero-order chi connectivity index (χ0) is 23.6. The number of amides is 3. The van der Waals surface area contributed by atoms with Gasteiger partial charge in [-0.2, -0.15) is 0 Å². The fourth-order valence-corrected chi connectivity index (χ4v) is 3.80. The third kappa shape index (κ3) is 7.26. The van der Waals surface area contributed by atoms with Crippen LogP contribution >= 0.6 is 0 Å². The van der Waals surface area contributed by atoms with E-state index in [-0.39, 0.29) is 18.7 Å². The van der Waals surface area contributed by atoms with Gasteiger partial charge >= 0.3 is 12.0 Å². The molecule has 0 aromatic heterocycles. The number of hydrogen-bond acceptors (Lipinski definition) is 7. The van der Waals surface area contributed by atoms with Gasteiger partial charge in [-0.25, -0.2) is 9.59 Å². The van der Waals surface area contributed by atoms with Crippen LogP contribution in [0.1, 0.15) is 26.2 Å². The van der Waals surface area contributed by atoms with Gasteiger partial charge in [0.25, 0.3) is 0 Å². The second kappa shape index (κ2) is 11.9. The van der Waals surface area contributed by atoms with E-state index in [1.54, 1.807) is 11.8 Å². The second-order valence-electron chi connectivity index (χ2n) is 7.99. The number of guanidine groups is 1. The molecule has 1 aromatic rings. The highest BCUT2D eigenvalue weighted by Crippen LogP contribution is 2.21. The van der Waals surface area contributed by atoms with Crippen molar-refractivity contribution in [2.75, 3.05) is 56.0 Å². The third-order valence-corrected chi connectivity index (χ3v) is 5.59. The summed E-state index contributed by atoms with van der Waals surface area (Å²) in [4.78, 5) is 44.0. The largest absolute Gasteiger partial charge is 0.480 e. The average molecular weight is 460 g/mol. The van der Waals surface area contributed by atoms with Crippen molar-refractivity contribution in [2.45, 2.75) is 32.2 Å². The number of nitrogens with zero attached hydrogens (tertiary/aromatic N) is 3. The molecule has 0 bridgehead atoms. The minimum absolute atomic E-state index is 0.0527. The van der Waals surface area contributed by atoms with E-state index in [0.717, 1.165) is 36.8 Å². The maximum absolute atomic E-state index is 12.6. The molecule has 180 valence electrons. The smallest absolute Gasteiger partial charge is 0.326 e. The zero-order valence-corrected chi connectivity index (χ0v) is 19.0. The third-order valence-electron chi connectivity index (χ3n) is 5.59. The van der Waals surface area contributed by atoms with Gasteiger partial charge in [-0.15, -0.1) is 0 Å². The van der Waals surface area contributed by atoms with Crippen molar-refractivity contribution < 1.29 is 19.5 Å². The molecular formula is C22H33N7O4. The summed E-state index contributed by atoms with van der Waals surface area (Å²) in [6.07, 6.45) is 1.16. The molecule has 1 aromatic carbocycles.